The maximum Gasteiger partial charge on any atom is 0.329 e. The van der Waals surface area contributed by atoms with Gasteiger partial charge in [0.25, 0.3) is 11.8 Å². The second-order valence-corrected chi connectivity index (χ2v) is 5.90. The highest BCUT2D eigenvalue weighted by atomic mass is 35.5. The molecule has 8 heteroatoms. The number of halogens is 1. The quantitative estimate of drug-likeness (QED) is 0.803. The fourth-order valence-corrected chi connectivity index (χ4v) is 2.20. The first-order valence-corrected chi connectivity index (χ1v) is 7.77. The Bertz CT molecular complexity index is 730. The van der Waals surface area contributed by atoms with Gasteiger partial charge in [-0.1, -0.05) is 37.6 Å². The predicted molar refractivity (Wildman–Crippen MR) is 86.4 cm³/mol. The number of hydrogen-bond acceptors (Lipinski definition) is 6. The van der Waals surface area contributed by atoms with Crippen LogP contribution in [0.25, 0.3) is 0 Å². The molecular formula is C16H18ClN3O4. The van der Waals surface area contributed by atoms with Crippen molar-refractivity contribution in [1.29, 1.82) is 0 Å². The summed E-state index contributed by atoms with van der Waals surface area (Å²) in [6.07, 6.45) is 0. The number of ether oxygens (including phenoxy) is 1. The second-order valence-electron chi connectivity index (χ2n) is 5.50. The molecule has 0 bridgehead atoms. The molecular weight excluding hydrogens is 334 g/mol. The van der Waals surface area contributed by atoms with Crippen molar-refractivity contribution < 1.29 is 18.7 Å². The Kier molecular flexibility index (Phi) is 5.92. The van der Waals surface area contributed by atoms with Crippen molar-refractivity contribution in [3.05, 3.63) is 46.6 Å². The van der Waals surface area contributed by atoms with Crippen LogP contribution in [-0.4, -0.2) is 28.1 Å². The van der Waals surface area contributed by atoms with Crippen molar-refractivity contribution >= 4 is 23.5 Å². The molecule has 0 spiro atoms. The van der Waals surface area contributed by atoms with E-state index in [-0.39, 0.29) is 18.4 Å². The third kappa shape index (κ3) is 4.55. The van der Waals surface area contributed by atoms with Crippen molar-refractivity contribution in [2.24, 2.45) is 5.92 Å². The topological polar surface area (TPSA) is 94.3 Å². The normalized spacial score (nSPS) is 12.0. The number of aryl methyl sites for hydroxylation is 1. The van der Waals surface area contributed by atoms with E-state index in [9.17, 15) is 9.59 Å². The second kappa shape index (κ2) is 7.92. The van der Waals surface area contributed by atoms with Gasteiger partial charge in [-0.05, 0) is 18.1 Å². The molecule has 0 saturated heterocycles. The van der Waals surface area contributed by atoms with Gasteiger partial charge in [-0.2, -0.15) is 0 Å². The van der Waals surface area contributed by atoms with Gasteiger partial charge in [-0.25, -0.2) is 4.79 Å². The van der Waals surface area contributed by atoms with Gasteiger partial charge >= 0.3 is 5.97 Å². The zero-order valence-electron chi connectivity index (χ0n) is 13.6. The number of nitrogens with one attached hydrogen (secondary N) is 1. The van der Waals surface area contributed by atoms with Crippen molar-refractivity contribution in [3.8, 4) is 0 Å². The Hall–Kier alpha value is -2.41. The maximum atomic E-state index is 12.3. The fourth-order valence-electron chi connectivity index (χ4n) is 1.98. The highest BCUT2D eigenvalue weighted by Gasteiger charge is 2.27. The zero-order valence-corrected chi connectivity index (χ0v) is 14.3. The van der Waals surface area contributed by atoms with Gasteiger partial charge in [0.2, 0.25) is 5.89 Å². The van der Waals surface area contributed by atoms with Crippen LogP contribution < -0.4 is 5.32 Å². The average molecular weight is 352 g/mol. The standard InChI is InChI=1S/C16H18ClN3O4/c1-9(2)14(16(22)23-8-13-20-19-10(3)24-13)18-15(21)11-6-4-5-7-12(11)17/h4-7,9,14H,8H2,1-3H3,(H,18,21)/t14-/m1/s1. The molecule has 0 aliphatic carbocycles. The van der Waals surface area contributed by atoms with Gasteiger partial charge in [-0.3, -0.25) is 4.79 Å². The average Bonchev–Trinajstić information content (AvgIpc) is 2.95. The number of amides is 1. The lowest BCUT2D eigenvalue weighted by Gasteiger charge is -2.20. The first-order chi connectivity index (χ1) is 11.4. The molecule has 0 fully saturated rings. The number of carbonyl (C=O) groups excluding carboxylic acids is 2. The summed E-state index contributed by atoms with van der Waals surface area (Å²) >= 11 is 6.00. The minimum absolute atomic E-state index is 0.148. The molecule has 0 aliphatic rings. The Balaban J connectivity index is 2.01. The van der Waals surface area contributed by atoms with Crippen molar-refractivity contribution in [3.63, 3.8) is 0 Å². The van der Waals surface area contributed by atoms with Crippen LogP contribution in [0.3, 0.4) is 0 Å². The minimum Gasteiger partial charge on any atom is -0.454 e. The van der Waals surface area contributed by atoms with Gasteiger partial charge in [0.05, 0.1) is 10.6 Å². The van der Waals surface area contributed by atoms with E-state index in [2.05, 4.69) is 15.5 Å². The van der Waals surface area contributed by atoms with Gasteiger partial charge in [0, 0.05) is 6.92 Å². The molecule has 24 heavy (non-hydrogen) atoms. The molecule has 0 aliphatic heterocycles. The number of nitrogens with zero attached hydrogens (tertiary/aromatic N) is 2. The van der Waals surface area contributed by atoms with Crippen LogP contribution in [0.4, 0.5) is 0 Å². The molecule has 7 nitrogen and oxygen atoms in total. The Morgan fingerprint density at radius 3 is 2.58 bits per heavy atom. The van der Waals surface area contributed by atoms with Crippen LogP contribution in [0.2, 0.25) is 5.02 Å². The van der Waals surface area contributed by atoms with Crippen LogP contribution in [0.1, 0.15) is 36.0 Å². The highest BCUT2D eigenvalue weighted by molar-refractivity contribution is 6.33. The van der Waals surface area contributed by atoms with Crippen LogP contribution >= 0.6 is 11.6 Å². The Morgan fingerprint density at radius 2 is 2.00 bits per heavy atom. The molecule has 1 amide bonds. The van der Waals surface area contributed by atoms with E-state index in [0.29, 0.717) is 16.5 Å². The van der Waals surface area contributed by atoms with Crippen molar-refractivity contribution in [2.75, 3.05) is 0 Å². The van der Waals surface area contributed by atoms with E-state index in [4.69, 9.17) is 20.8 Å². The predicted octanol–water partition coefficient (Wildman–Crippen LogP) is 2.53. The summed E-state index contributed by atoms with van der Waals surface area (Å²) in [7, 11) is 0. The summed E-state index contributed by atoms with van der Waals surface area (Å²) in [5.41, 5.74) is 0.296. The van der Waals surface area contributed by atoms with Gasteiger partial charge in [-0.15, -0.1) is 10.2 Å². The van der Waals surface area contributed by atoms with Gasteiger partial charge in [0.1, 0.15) is 6.04 Å². The molecule has 2 rings (SSSR count). The summed E-state index contributed by atoms with van der Waals surface area (Å²) in [5.74, 6) is -0.617. The number of carbonyl (C=O) groups is 2. The van der Waals surface area contributed by atoms with Crippen LogP contribution in [0.15, 0.2) is 28.7 Å². The van der Waals surface area contributed by atoms with Crippen LogP contribution in [-0.2, 0) is 16.1 Å². The third-order valence-corrected chi connectivity index (χ3v) is 3.56. The lowest BCUT2D eigenvalue weighted by Crippen LogP contribution is -2.45. The smallest absolute Gasteiger partial charge is 0.329 e. The van der Waals surface area contributed by atoms with Gasteiger partial charge < -0.3 is 14.5 Å². The molecule has 1 aromatic carbocycles. The molecule has 1 atom stereocenters. The Morgan fingerprint density at radius 1 is 1.29 bits per heavy atom. The first-order valence-electron chi connectivity index (χ1n) is 7.39. The zero-order chi connectivity index (χ0) is 17.7. The number of rotatable bonds is 6. The van der Waals surface area contributed by atoms with E-state index < -0.39 is 17.9 Å². The highest BCUT2D eigenvalue weighted by Crippen LogP contribution is 2.16. The van der Waals surface area contributed by atoms with Crippen LogP contribution in [0, 0.1) is 12.8 Å². The number of aromatic nitrogens is 2. The number of hydrogen-bond donors (Lipinski definition) is 1. The van der Waals surface area contributed by atoms with E-state index in [1.807, 2.05) is 0 Å². The van der Waals surface area contributed by atoms with Crippen LogP contribution in [0.5, 0.6) is 0 Å². The maximum absolute atomic E-state index is 12.3. The third-order valence-electron chi connectivity index (χ3n) is 3.23. The fraction of sp³-hybridized carbons (Fsp3) is 0.375. The number of benzene rings is 1. The molecule has 1 aromatic heterocycles. The minimum atomic E-state index is -0.821. The molecule has 2 aromatic rings. The Labute approximate surface area is 144 Å². The molecule has 0 saturated carbocycles. The molecule has 0 unspecified atom stereocenters. The van der Waals surface area contributed by atoms with E-state index in [0.717, 1.165) is 0 Å². The van der Waals surface area contributed by atoms with Crippen molar-refractivity contribution in [2.45, 2.75) is 33.4 Å². The summed E-state index contributed by atoms with van der Waals surface area (Å²) in [6, 6.07) is 5.79. The van der Waals surface area contributed by atoms with E-state index >= 15 is 0 Å². The summed E-state index contributed by atoms with van der Waals surface area (Å²) in [4.78, 5) is 24.6. The lowest BCUT2D eigenvalue weighted by molar-refractivity contribution is -0.149. The lowest BCUT2D eigenvalue weighted by atomic mass is 10.0. The molecule has 128 valence electrons. The molecule has 0 radical (unpaired) electrons. The van der Waals surface area contributed by atoms with Gasteiger partial charge in [0.15, 0.2) is 6.61 Å². The summed E-state index contributed by atoms with van der Waals surface area (Å²) in [5, 5.41) is 10.4. The monoisotopic (exact) mass is 351 g/mol. The summed E-state index contributed by atoms with van der Waals surface area (Å²) < 4.78 is 10.3. The molecule has 1 heterocycles. The SMILES string of the molecule is Cc1nnc(COC(=O)[C@H](NC(=O)c2ccccc2Cl)C(C)C)o1. The van der Waals surface area contributed by atoms with Crippen molar-refractivity contribution in [1.82, 2.24) is 15.5 Å². The molecule has 1 N–H and O–H groups in total. The number of esters is 1. The first kappa shape index (κ1) is 17.9. The largest absolute Gasteiger partial charge is 0.454 e. The van der Waals surface area contributed by atoms with E-state index in [1.54, 1.807) is 45.0 Å². The summed E-state index contributed by atoms with van der Waals surface area (Å²) in [6.45, 7) is 5.09. The van der Waals surface area contributed by atoms with E-state index in [1.165, 1.54) is 0 Å².